The molecule has 0 aliphatic rings. The summed E-state index contributed by atoms with van der Waals surface area (Å²) in [5.41, 5.74) is 9.81. The Kier molecular flexibility index (Phi) is 7.13. The molecule has 0 bridgehead atoms. The number of benzene rings is 10. The third-order valence-corrected chi connectivity index (χ3v) is 12.7. The van der Waals surface area contributed by atoms with E-state index in [0.717, 1.165) is 44.4 Å². The Morgan fingerprint density at radius 3 is 1.75 bits per heavy atom. The second-order valence-electron chi connectivity index (χ2n) is 14.9. The Hall–Kier alpha value is -7.20. The Morgan fingerprint density at radius 1 is 0.368 bits per heavy atom. The highest BCUT2D eigenvalue weighted by atomic mass is 32.1. The topological polar surface area (TPSA) is 16.4 Å². The van der Waals surface area contributed by atoms with E-state index in [-0.39, 0.29) is 0 Å². The van der Waals surface area contributed by atoms with Crippen LogP contribution < -0.4 is 4.90 Å². The molecule has 0 spiro atoms. The van der Waals surface area contributed by atoms with Crippen molar-refractivity contribution in [1.29, 1.82) is 0 Å². The molecule has 0 fully saturated rings. The van der Waals surface area contributed by atoms with E-state index < -0.39 is 0 Å². The third kappa shape index (κ3) is 5.17. The molecule has 2 aromatic heterocycles. The largest absolute Gasteiger partial charge is 0.455 e. The van der Waals surface area contributed by atoms with Gasteiger partial charge in [-0.1, -0.05) is 140 Å². The summed E-state index contributed by atoms with van der Waals surface area (Å²) in [7, 11) is 0. The lowest BCUT2D eigenvalue weighted by atomic mass is 9.93. The monoisotopic (exact) mass is 743 g/mol. The maximum Gasteiger partial charge on any atom is 0.143 e. The fourth-order valence-corrected chi connectivity index (χ4v) is 10.0. The first-order valence-corrected chi connectivity index (χ1v) is 20.2. The van der Waals surface area contributed by atoms with E-state index in [2.05, 4.69) is 205 Å². The fourth-order valence-electron chi connectivity index (χ4n) is 8.89. The van der Waals surface area contributed by atoms with Gasteiger partial charge in [0.15, 0.2) is 0 Å². The maximum atomic E-state index is 6.89. The number of rotatable bonds is 5. The van der Waals surface area contributed by atoms with E-state index in [9.17, 15) is 0 Å². The van der Waals surface area contributed by atoms with Crippen molar-refractivity contribution in [2.75, 3.05) is 4.90 Å². The molecule has 266 valence electrons. The Morgan fingerprint density at radius 2 is 0.982 bits per heavy atom. The lowest BCUT2D eigenvalue weighted by molar-refractivity contribution is 0.672. The average Bonchev–Trinajstić information content (AvgIpc) is 3.85. The lowest BCUT2D eigenvalue weighted by Crippen LogP contribution is -2.10. The van der Waals surface area contributed by atoms with Gasteiger partial charge in [-0.3, -0.25) is 0 Å². The van der Waals surface area contributed by atoms with Crippen LogP contribution in [-0.4, -0.2) is 0 Å². The lowest BCUT2D eigenvalue weighted by Gasteiger charge is -2.27. The van der Waals surface area contributed by atoms with E-state index in [4.69, 9.17) is 4.42 Å². The van der Waals surface area contributed by atoms with Crippen LogP contribution in [0.2, 0.25) is 0 Å². The minimum atomic E-state index is 0.863. The van der Waals surface area contributed by atoms with E-state index in [0.29, 0.717) is 0 Å². The van der Waals surface area contributed by atoms with Crippen LogP contribution in [0.4, 0.5) is 17.1 Å². The summed E-state index contributed by atoms with van der Waals surface area (Å²) >= 11 is 1.86. The zero-order valence-corrected chi connectivity index (χ0v) is 31.6. The molecule has 10 aromatic carbocycles. The van der Waals surface area contributed by atoms with Crippen molar-refractivity contribution in [2.45, 2.75) is 0 Å². The van der Waals surface area contributed by atoms with Gasteiger partial charge in [0.2, 0.25) is 0 Å². The van der Waals surface area contributed by atoms with Crippen molar-refractivity contribution in [1.82, 2.24) is 0 Å². The van der Waals surface area contributed by atoms with Crippen LogP contribution in [0.25, 0.3) is 96.7 Å². The first-order valence-electron chi connectivity index (χ1n) is 19.4. The number of furan rings is 1. The predicted molar refractivity (Wildman–Crippen MR) is 245 cm³/mol. The molecule has 0 aliphatic carbocycles. The molecule has 0 aliphatic heterocycles. The summed E-state index contributed by atoms with van der Waals surface area (Å²) in [6.07, 6.45) is 0. The summed E-state index contributed by atoms with van der Waals surface area (Å²) in [6.45, 7) is 0. The summed E-state index contributed by atoms with van der Waals surface area (Å²) < 4.78 is 9.53. The SMILES string of the molecule is c1cc(-c2ccc3c(c2)sc2ccccc23)cc(-c2cc3c(oc4cccc(N(c5ccc6ccccc6c5)c5ccc6ccccc6c5)c43)c3ccccc23)c1. The van der Waals surface area contributed by atoms with E-state index in [1.165, 1.54) is 69.4 Å². The van der Waals surface area contributed by atoms with Crippen LogP contribution in [-0.2, 0) is 0 Å². The third-order valence-electron chi connectivity index (χ3n) is 11.6. The summed E-state index contributed by atoms with van der Waals surface area (Å²) in [6, 6.07) is 72.8. The van der Waals surface area contributed by atoms with Crippen molar-refractivity contribution in [2.24, 2.45) is 0 Å². The van der Waals surface area contributed by atoms with Gasteiger partial charge in [0.1, 0.15) is 11.2 Å². The molecule has 0 radical (unpaired) electrons. The standard InChI is InChI=1S/C54H33NOS/c1-3-13-37-30-41(26-23-34(37)11-1)55(42-27-24-35-12-2-4-14-38(35)31-42)49-20-10-21-50-53(49)48-33-47(43-17-5-6-19-46(43)54(48)56-50)40-16-9-15-36(29-40)39-25-28-45-44-18-7-8-22-51(44)57-52(45)32-39/h1-33H. The highest BCUT2D eigenvalue weighted by Crippen LogP contribution is 2.47. The van der Waals surface area contributed by atoms with E-state index in [1.807, 2.05) is 11.3 Å². The molecule has 2 heterocycles. The first-order chi connectivity index (χ1) is 28.2. The van der Waals surface area contributed by atoms with Crippen LogP contribution in [0.5, 0.6) is 0 Å². The molecule has 12 aromatic rings. The molecule has 0 N–H and O–H groups in total. The molecule has 0 saturated heterocycles. The van der Waals surface area contributed by atoms with Gasteiger partial charge >= 0.3 is 0 Å². The van der Waals surface area contributed by atoms with E-state index >= 15 is 0 Å². The maximum absolute atomic E-state index is 6.89. The molecule has 2 nitrogen and oxygen atoms in total. The van der Waals surface area contributed by atoms with Gasteiger partial charge in [0.25, 0.3) is 0 Å². The second-order valence-corrected chi connectivity index (χ2v) is 16.0. The minimum absolute atomic E-state index is 0.863. The van der Waals surface area contributed by atoms with Crippen molar-refractivity contribution in [3.8, 4) is 22.3 Å². The molecule has 0 amide bonds. The molecule has 3 heteroatoms. The van der Waals surface area contributed by atoms with Crippen molar-refractivity contribution >= 4 is 103 Å². The Balaban J connectivity index is 1.08. The summed E-state index contributed by atoms with van der Waals surface area (Å²) in [5.74, 6) is 0. The van der Waals surface area contributed by atoms with Crippen LogP contribution in [0.15, 0.2) is 205 Å². The molecule has 57 heavy (non-hydrogen) atoms. The van der Waals surface area contributed by atoms with Crippen LogP contribution in [0.1, 0.15) is 0 Å². The normalized spacial score (nSPS) is 11.9. The van der Waals surface area contributed by atoms with Gasteiger partial charge in [-0.05, 0) is 110 Å². The zero-order valence-electron chi connectivity index (χ0n) is 30.8. The zero-order chi connectivity index (χ0) is 37.5. The molecular weight excluding hydrogens is 711 g/mol. The smallest absolute Gasteiger partial charge is 0.143 e. The highest BCUT2D eigenvalue weighted by Gasteiger charge is 2.22. The number of hydrogen-bond acceptors (Lipinski definition) is 3. The molecule has 0 saturated carbocycles. The summed E-state index contributed by atoms with van der Waals surface area (Å²) in [5, 5.41) is 11.9. The molecular formula is C54H33NOS. The first kappa shape index (κ1) is 32.1. The Bertz CT molecular complexity index is 3470. The number of hydrogen-bond donors (Lipinski definition) is 0. The van der Waals surface area contributed by atoms with Crippen LogP contribution >= 0.6 is 11.3 Å². The second kappa shape index (κ2) is 12.7. The minimum Gasteiger partial charge on any atom is -0.455 e. The van der Waals surface area contributed by atoms with Gasteiger partial charge in [0, 0.05) is 42.3 Å². The van der Waals surface area contributed by atoms with Gasteiger partial charge in [-0.15, -0.1) is 11.3 Å². The number of fused-ring (bicyclic) bond motifs is 10. The van der Waals surface area contributed by atoms with Gasteiger partial charge in [-0.2, -0.15) is 0 Å². The van der Waals surface area contributed by atoms with Crippen molar-refractivity contribution < 1.29 is 4.42 Å². The van der Waals surface area contributed by atoms with Crippen LogP contribution in [0.3, 0.4) is 0 Å². The Labute approximate surface area is 333 Å². The van der Waals surface area contributed by atoms with Crippen LogP contribution in [0, 0.1) is 0 Å². The van der Waals surface area contributed by atoms with Crippen molar-refractivity contribution in [3.63, 3.8) is 0 Å². The molecule has 0 atom stereocenters. The predicted octanol–water partition coefficient (Wildman–Crippen LogP) is 16.2. The summed E-state index contributed by atoms with van der Waals surface area (Å²) in [4.78, 5) is 2.40. The molecule has 12 rings (SSSR count). The van der Waals surface area contributed by atoms with Gasteiger partial charge in [0.05, 0.1) is 11.1 Å². The quantitative estimate of drug-likeness (QED) is 0.175. The highest BCUT2D eigenvalue weighted by molar-refractivity contribution is 7.25. The molecule has 0 unspecified atom stereocenters. The van der Waals surface area contributed by atoms with Gasteiger partial charge in [-0.25, -0.2) is 0 Å². The average molecular weight is 744 g/mol. The fraction of sp³-hybridized carbons (Fsp3) is 0. The number of nitrogens with zero attached hydrogens (tertiary/aromatic N) is 1. The number of anilines is 3. The number of thiophene rings is 1. The van der Waals surface area contributed by atoms with E-state index in [1.54, 1.807) is 0 Å². The van der Waals surface area contributed by atoms with Crippen molar-refractivity contribution in [3.05, 3.63) is 200 Å². The van der Waals surface area contributed by atoms with Gasteiger partial charge < -0.3 is 9.32 Å².